The maximum Gasteiger partial charge on any atom is 0.242 e. The van der Waals surface area contributed by atoms with Crippen molar-refractivity contribution in [1.82, 2.24) is 10.2 Å². The van der Waals surface area contributed by atoms with Gasteiger partial charge in [-0.25, -0.2) is 0 Å². The summed E-state index contributed by atoms with van der Waals surface area (Å²) in [5.74, 6) is 0.506. The van der Waals surface area contributed by atoms with Crippen LogP contribution in [-0.2, 0) is 16.1 Å². The molecular weight excluding hydrogens is 487 g/mol. The number of hydrogen-bond acceptors (Lipinski definition) is 3. The first-order valence-electron chi connectivity index (χ1n) is 10.7. The number of rotatable bonds is 12. The minimum absolute atomic E-state index is 0.101. The second-order valence-electron chi connectivity index (χ2n) is 7.45. The van der Waals surface area contributed by atoms with Crippen LogP contribution < -0.4 is 5.32 Å². The lowest BCUT2D eigenvalue weighted by Crippen LogP contribution is -2.47. The van der Waals surface area contributed by atoms with Crippen molar-refractivity contribution >= 4 is 58.4 Å². The number of carbonyl (C=O) groups excluding carboxylic acids is 2. The molecule has 0 saturated heterocycles. The van der Waals surface area contributed by atoms with Crippen molar-refractivity contribution in [3.63, 3.8) is 0 Å². The number of carbonyl (C=O) groups is 2. The number of nitrogens with one attached hydrogen (secondary N) is 1. The van der Waals surface area contributed by atoms with Crippen molar-refractivity contribution in [1.29, 1.82) is 0 Å². The van der Waals surface area contributed by atoms with Crippen LogP contribution in [0.25, 0.3) is 0 Å². The van der Waals surface area contributed by atoms with Gasteiger partial charge in [-0.15, -0.1) is 11.8 Å². The molecule has 0 spiro atoms. The number of hydrogen-bond donors (Lipinski definition) is 1. The van der Waals surface area contributed by atoms with Gasteiger partial charge in [-0.1, -0.05) is 54.2 Å². The van der Waals surface area contributed by atoms with Gasteiger partial charge in [-0.2, -0.15) is 0 Å². The van der Waals surface area contributed by atoms with Crippen molar-refractivity contribution < 1.29 is 9.59 Å². The van der Waals surface area contributed by atoms with E-state index in [9.17, 15) is 9.59 Å². The zero-order valence-electron chi connectivity index (χ0n) is 18.4. The zero-order chi connectivity index (χ0) is 23.5. The molecule has 0 heterocycles. The molecule has 2 aromatic rings. The maximum absolute atomic E-state index is 13.1. The van der Waals surface area contributed by atoms with E-state index in [0.717, 1.165) is 23.5 Å². The minimum atomic E-state index is -0.629. The number of halogens is 3. The van der Waals surface area contributed by atoms with Crippen molar-refractivity contribution in [3.05, 3.63) is 63.1 Å². The average Bonchev–Trinajstić information content (AvgIpc) is 2.77. The average molecular weight is 516 g/mol. The molecule has 1 N–H and O–H groups in total. The van der Waals surface area contributed by atoms with E-state index >= 15 is 0 Å². The molecule has 4 nitrogen and oxygen atoms in total. The van der Waals surface area contributed by atoms with Gasteiger partial charge >= 0.3 is 0 Å². The third-order valence-electron chi connectivity index (χ3n) is 5.00. The fraction of sp³-hybridized carbons (Fsp3) is 0.417. The maximum atomic E-state index is 13.1. The van der Waals surface area contributed by atoms with Crippen molar-refractivity contribution in [2.24, 2.45) is 0 Å². The molecular formula is C24H29Cl3N2O2S. The van der Waals surface area contributed by atoms with Gasteiger partial charge in [-0.05, 0) is 61.9 Å². The summed E-state index contributed by atoms with van der Waals surface area (Å²) in [4.78, 5) is 28.5. The van der Waals surface area contributed by atoms with Crippen LogP contribution in [0, 0.1) is 0 Å². The molecule has 0 bridgehead atoms. The molecule has 2 amide bonds. The Balaban J connectivity index is 2.03. The van der Waals surface area contributed by atoms with Crippen LogP contribution in [0.3, 0.4) is 0 Å². The van der Waals surface area contributed by atoms with E-state index in [4.69, 9.17) is 34.8 Å². The first kappa shape index (κ1) is 26.8. The molecule has 0 saturated carbocycles. The number of amides is 2. The standard InChI is InChI=1S/C24H29Cl3N2O2S/c1-3-4-14-28-24(31)17(2)29(16-20-21(26)7-5-8-22(20)27)23(30)9-6-15-32-19-12-10-18(25)11-13-19/h5,7-8,10-13,17H,3-4,6,9,14-16H2,1-2H3,(H,28,31)/t17-/m1/s1. The molecule has 174 valence electrons. The molecule has 0 aliphatic carbocycles. The van der Waals surface area contributed by atoms with E-state index in [-0.39, 0.29) is 18.4 Å². The minimum Gasteiger partial charge on any atom is -0.354 e. The summed E-state index contributed by atoms with van der Waals surface area (Å²) >= 11 is 20.3. The molecule has 1 atom stereocenters. The molecule has 0 aliphatic rings. The number of benzene rings is 2. The largest absolute Gasteiger partial charge is 0.354 e. The third kappa shape index (κ3) is 8.51. The lowest BCUT2D eigenvalue weighted by atomic mass is 10.1. The Labute approximate surface area is 210 Å². The van der Waals surface area contributed by atoms with Gasteiger partial charge in [0.15, 0.2) is 0 Å². The SMILES string of the molecule is CCCCNC(=O)[C@@H](C)N(Cc1c(Cl)cccc1Cl)C(=O)CCCSc1ccc(Cl)cc1. The Bertz CT molecular complexity index is 873. The highest BCUT2D eigenvalue weighted by Gasteiger charge is 2.27. The van der Waals surface area contributed by atoms with Crippen LogP contribution in [0.2, 0.25) is 15.1 Å². The van der Waals surface area contributed by atoms with Crippen LogP contribution in [0.4, 0.5) is 0 Å². The van der Waals surface area contributed by atoms with Crippen molar-refractivity contribution in [3.8, 4) is 0 Å². The van der Waals surface area contributed by atoms with Gasteiger partial charge in [0.2, 0.25) is 11.8 Å². The molecule has 2 rings (SSSR count). The summed E-state index contributed by atoms with van der Waals surface area (Å²) < 4.78 is 0. The van der Waals surface area contributed by atoms with Crippen LogP contribution in [-0.4, -0.2) is 35.1 Å². The van der Waals surface area contributed by atoms with Gasteiger partial charge in [0.25, 0.3) is 0 Å². The normalized spacial score (nSPS) is 11.8. The fourth-order valence-corrected chi connectivity index (χ4v) is 4.56. The lowest BCUT2D eigenvalue weighted by Gasteiger charge is -2.29. The smallest absolute Gasteiger partial charge is 0.242 e. The number of nitrogens with zero attached hydrogens (tertiary/aromatic N) is 1. The van der Waals surface area contributed by atoms with Gasteiger partial charge in [0.1, 0.15) is 6.04 Å². The van der Waals surface area contributed by atoms with Gasteiger partial charge in [0, 0.05) is 45.0 Å². The molecule has 0 aliphatic heterocycles. The second-order valence-corrected chi connectivity index (χ2v) is 9.87. The predicted octanol–water partition coefficient (Wildman–Crippen LogP) is 6.85. The zero-order valence-corrected chi connectivity index (χ0v) is 21.5. The van der Waals surface area contributed by atoms with E-state index in [2.05, 4.69) is 12.2 Å². The van der Waals surface area contributed by atoms with Gasteiger partial charge in [0.05, 0.1) is 0 Å². The number of unbranched alkanes of at least 4 members (excludes halogenated alkanes) is 1. The number of thioether (sulfide) groups is 1. The van der Waals surface area contributed by atoms with E-state index < -0.39 is 6.04 Å². The summed E-state index contributed by atoms with van der Waals surface area (Å²) in [6.45, 7) is 4.58. The van der Waals surface area contributed by atoms with Crippen LogP contribution >= 0.6 is 46.6 Å². The van der Waals surface area contributed by atoms with E-state index in [1.165, 1.54) is 0 Å². The Morgan fingerprint density at radius 2 is 1.69 bits per heavy atom. The van der Waals surface area contributed by atoms with E-state index in [1.807, 2.05) is 24.3 Å². The highest BCUT2D eigenvalue weighted by molar-refractivity contribution is 7.99. The quantitative estimate of drug-likeness (QED) is 0.248. The third-order valence-corrected chi connectivity index (χ3v) is 7.06. The second kappa shape index (κ2) is 14.0. The van der Waals surface area contributed by atoms with Crippen molar-refractivity contribution in [2.45, 2.75) is 57.0 Å². The molecule has 0 aromatic heterocycles. The molecule has 2 aromatic carbocycles. The molecule has 0 fully saturated rings. The topological polar surface area (TPSA) is 49.4 Å². The monoisotopic (exact) mass is 514 g/mol. The summed E-state index contributed by atoms with van der Waals surface area (Å²) in [7, 11) is 0. The highest BCUT2D eigenvalue weighted by atomic mass is 35.5. The first-order valence-corrected chi connectivity index (χ1v) is 12.8. The van der Waals surface area contributed by atoms with E-state index in [1.54, 1.807) is 41.8 Å². The Morgan fingerprint density at radius 3 is 2.31 bits per heavy atom. The van der Waals surface area contributed by atoms with Crippen LogP contribution in [0.1, 0.15) is 45.1 Å². The molecule has 8 heteroatoms. The predicted molar refractivity (Wildman–Crippen MR) is 136 cm³/mol. The van der Waals surface area contributed by atoms with Crippen LogP contribution in [0.15, 0.2) is 47.4 Å². The summed E-state index contributed by atoms with van der Waals surface area (Å²) in [5, 5.41) is 4.57. The van der Waals surface area contributed by atoms with Crippen LogP contribution in [0.5, 0.6) is 0 Å². The fourth-order valence-electron chi connectivity index (χ4n) is 3.06. The molecule has 0 radical (unpaired) electrons. The summed E-state index contributed by atoms with van der Waals surface area (Å²) in [5.41, 5.74) is 0.646. The summed E-state index contributed by atoms with van der Waals surface area (Å²) in [6, 6.07) is 12.2. The highest BCUT2D eigenvalue weighted by Crippen LogP contribution is 2.27. The van der Waals surface area contributed by atoms with Crippen molar-refractivity contribution in [2.75, 3.05) is 12.3 Å². The Morgan fingerprint density at radius 1 is 1.03 bits per heavy atom. The first-order chi connectivity index (χ1) is 15.3. The van der Waals surface area contributed by atoms with E-state index in [0.29, 0.717) is 40.0 Å². The van der Waals surface area contributed by atoms with Gasteiger partial charge in [-0.3, -0.25) is 9.59 Å². The summed E-state index contributed by atoms with van der Waals surface area (Å²) in [6.07, 6.45) is 2.89. The lowest BCUT2D eigenvalue weighted by molar-refractivity contribution is -0.140. The Kier molecular flexibility index (Phi) is 11.7. The van der Waals surface area contributed by atoms with Gasteiger partial charge < -0.3 is 10.2 Å². The molecule has 32 heavy (non-hydrogen) atoms. The molecule has 0 unspecified atom stereocenters. The Hall–Kier alpha value is -1.40.